The van der Waals surface area contributed by atoms with Gasteiger partial charge < -0.3 is 20.3 Å². The molecule has 1 heterocycles. The van der Waals surface area contributed by atoms with Crippen LogP contribution in [0.25, 0.3) is 0 Å². The van der Waals surface area contributed by atoms with E-state index in [9.17, 15) is 0 Å². The van der Waals surface area contributed by atoms with Crippen LogP contribution in [-0.2, 0) is 4.74 Å². The average Bonchev–Trinajstić information content (AvgIpc) is 2.59. The van der Waals surface area contributed by atoms with Crippen molar-refractivity contribution in [3.8, 4) is 0 Å². The van der Waals surface area contributed by atoms with Crippen LogP contribution in [0.1, 0.15) is 6.92 Å². The molecular formula is C18H23N3O. The summed E-state index contributed by atoms with van der Waals surface area (Å²) < 4.78 is 5.41. The van der Waals surface area contributed by atoms with Crippen molar-refractivity contribution in [2.75, 3.05) is 48.4 Å². The Morgan fingerprint density at radius 3 is 2.45 bits per heavy atom. The van der Waals surface area contributed by atoms with Gasteiger partial charge in [-0.15, -0.1) is 0 Å². The highest BCUT2D eigenvalue weighted by Crippen LogP contribution is 2.33. The van der Waals surface area contributed by atoms with E-state index in [-0.39, 0.29) is 0 Å². The van der Waals surface area contributed by atoms with Gasteiger partial charge in [-0.1, -0.05) is 18.2 Å². The second kappa shape index (κ2) is 6.71. The first-order valence-electron chi connectivity index (χ1n) is 7.84. The van der Waals surface area contributed by atoms with Crippen LogP contribution >= 0.6 is 0 Å². The largest absolute Gasteiger partial charge is 0.397 e. The summed E-state index contributed by atoms with van der Waals surface area (Å²) in [4.78, 5) is 4.56. The molecule has 22 heavy (non-hydrogen) atoms. The summed E-state index contributed by atoms with van der Waals surface area (Å²) in [6.45, 7) is 6.44. The molecule has 1 saturated heterocycles. The quantitative estimate of drug-likeness (QED) is 0.880. The summed E-state index contributed by atoms with van der Waals surface area (Å²) in [6, 6.07) is 16.7. The van der Waals surface area contributed by atoms with Gasteiger partial charge in [-0.2, -0.15) is 0 Å². The van der Waals surface area contributed by atoms with Crippen LogP contribution in [0.5, 0.6) is 0 Å². The summed E-state index contributed by atoms with van der Waals surface area (Å²) in [6.07, 6.45) is 0. The molecule has 0 aliphatic carbocycles. The Bertz CT molecular complexity index is 609. The van der Waals surface area contributed by atoms with E-state index >= 15 is 0 Å². The van der Waals surface area contributed by atoms with E-state index in [0.29, 0.717) is 0 Å². The molecule has 2 aromatic carbocycles. The number of nitrogens with zero attached hydrogens (tertiary/aromatic N) is 2. The van der Waals surface area contributed by atoms with Gasteiger partial charge in [0.2, 0.25) is 0 Å². The lowest BCUT2D eigenvalue weighted by Crippen LogP contribution is -2.36. The summed E-state index contributed by atoms with van der Waals surface area (Å²) in [5.41, 5.74) is 10.6. The third-order valence-corrected chi connectivity index (χ3v) is 4.06. The molecule has 0 saturated carbocycles. The molecule has 2 N–H and O–H groups in total. The number of ether oxygens (including phenoxy) is 1. The van der Waals surface area contributed by atoms with E-state index in [1.54, 1.807) is 0 Å². The molecule has 0 atom stereocenters. The van der Waals surface area contributed by atoms with Gasteiger partial charge in [0.1, 0.15) is 0 Å². The summed E-state index contributed by atoms with van der Waals surface area (Å²) >= 11 is 0. The minimum atomic E-state index is 0.784. The maximum absolute atomic E-state index is 6.34. The minimum Gasteiger partial charge on any atom is -0.397 e. The number of hydrogen-bond acceptors (Lipinski definition) is 4. The Kier molecular flexibility index (Phi) is 4.49. The van der Waals surface area contributed by atoms with Crippen molar-refractivity contribution in [1.29, 1.82) is 0 Å². The van der Waals surface area contributed by atoms with E-state index in [1.807, 2.05) is 6.07 Å². The van der Waals surface area contributed by atoms with Crippen LogP contribution in [0.15, 0.2) is 48.5 Å². The predicted octanol–water partition coefficient (Wildman–Crippen LogP) is 3.26. The lowest BCUT2D eigenvalue weighted by Gasteiger charge is -2.30. The standard InChI is InChI=1S/C18H23N3O/c1-2-21(15-6-4-3-5-7-15)18-9-8-16(14-17(18)19)20-10-12-22-13-11-20/h3-9,14H,2,10-13,19H2,1H3. The van der Waals surface area contributed by atoms with Crippen LogP contribution in [0.4, 0.5) is 22.7 Å². The normalized spacial score (nSPS) is 14.9. The molecule has 1 aliphatic rings. The van der Waals surface area contributed by atoms with Gasteiger partial charge in [0.15, 0.2) is 0 Å². The van der Waals surface area contributed by atoms with Gasteiger partial charge >= 0.3 is 0 Å². The highest BCUT2D eigenvalue weighted by atomic mass is 16.5. The zero-order chi connectivity index (χ0) is 15.4. The maximum Gasteiger partial charge on any atom is 0.0645 e. The van der Waals surface area contributed by atoms with E-state index in [2.05, 4.69) is 59.2 Å². The Morgan fingerprint density at radius 1 is 1.09 bits per heavy atom. The van der Waals surface area contributed by atoms with Crippen molar-refractivity contribution in [2.45, 2.75) is 6.92 Å². The lowest BCUT2D eigenvalue weighted by molar-refractivity contribution is 0.122. The van der Waals surface area contributed by atoms with Crippen molar-refractivity contribution < 1.29 is 4.74 Å². The number of hydrogen-bond donors (Lipinski definition) is 1. The number of para-hydroxylation sites is 1. The van der Waals surface area contributed by atoms with E-state index in [4.69, 9.17) is 10.5 Å². The molecule has 4 nitrogen and oxygen atoms in total. The van der Waals surface area contributed by atoms with Crippen molar-refractivity contribution in [3.05, 3.63) is 48.5 Å². The van der Waals surface area contributed by atoms with Gasteiger partial charge in [0, 0.05) is 31.0 Å². The van der Waals surface area contributed by atoms with Gasteiger partial charge in [-0.3, -0.25) is 0 Å². The van der Waals surface area contributed by atoms with Gasteiger partial charge in [0.25, 0.3) is 0 Å². The highest BCUT2D eigenvalue weighted by Gasteiger charge is 2.15. The molecule has 0 amide bonds. The van der Waals surface area contributed by atoms with Gasteiger partial charge in [0.05, 0.1) is 24.6 Å². The number of anilines is 4. The number of rotatable bonds is 4. The SMILES string of the molecule is CCN(c1ccccc1)c1ccc(N2CCOCC2)cc1N. The molecule has 116 valence electrons. The second-order valence-electron chi connectivity index (χ2n) is 5.42. The molecule has 0 radical (unpaired) electrons. The molecule has 0 bridgehead atoms. The van der Waals surface area contributed by atoms with Gasteiger partial charge in [-0.25, -0.2) is 0 Å². The molecule has 0 unspecified atom stereocenters. The van der Waals surface area contributed by atoms with E-state index in [0.717, 1.165) is 49.9 Å². The van der Waals surface area contributed by atoms with E-state index in [1.165, 1.54) is 5.69 Å². The Labute approximate surface area is 132 Å². The topological polar surface area (TPSA) is 41.7 Å². The number of nitrogen functional groups attached to an aromatic ring is 1. The predicted molar refractivity (Wildman–Crippen MR) is 93.0 cm³/mol. The number of morpholine rings is 1. The first-order valence-corrected chi connectivity index (χ1v) is 7.84. The summed E-state index contributed by atoms with van der Waals surface area (Å²) in [5.74, 6) is 0. The zero-order valence-electron chi connectivity index (χ0n) is 13.0. The van der Waals surface area contributed by atoms with Crippen molar-refractivity contribution in [2.24, 2.45) is 0 Å². The molecule has 1 fully saturated rings. The first-order chi connectivity index (χ1) is 10.8. The zero-order valence-corrected chi connectivity index (χ0v) is 13.0. The van der Waals surface area contributed by atoms with Crippen molar-refractivity contribution in [1.82, 2.24) is 0 Å². The van der Waals surface area contributed by atoms with E-state index < -0.39 is 0 Å². The highest BCUT2D eigenvalue weighted by molar-refractivity contribution is 5.78. The third-order valence-electron chi connectivity index (χ3n) is 4.06. The van der Waals surface area contributed by atoms with Crippen LogP contribution in [0.3, 0.4) is 0 Å². The van der Waals surface area contributed by atoms with Crippen LogP contribution in [0.2, 0.25) is 0 Å². The minimum absolute atomic E-state index is 0.784. The molecule has 0 aromatic heterocycles. The molecule has 4 heteroatoms. The van der Waals surface area contributed by atoms with Crippen molar-refractivity contribution in [3.63, 3.8) is 0 Å². The maximum atomic E-state index is 6.34. The van der Waals surface area contributed by atoms with Crippen LogP contribution in [-0.4, -0.2) is 32.8 Å². The molecule has 2 aromatic rings. The van der Waals surface area contributed by atoms with Crippen molar-refractivity contribution >= 4 is 22.7 Å². The Hall–Kier alpha value is -2.20. The first kappa shape index (κ1) is 14.7. The number of benzene rings is 2. The monoisotopic (exact) mass is 297 g/mol. The van der Waals surface area contributed by atoms with Crippen LogP contribution < -0.4 is 15.5 Å². The number of nitrogens with two attached hydrogens (primary N) is 1. The molecule has 3 rings (SSSR count). The third kappa shape index (κ3) is 3.02. The summed E-state index contributed by atoms with van der Waals surface area (Å²) in [5, 5.41) is 0. The lowest BCUT2D eigenvalue weighted by atomic mass is 10.1. The van der Waals surface area contributed by atoms with Crippen LogP contribution in [0, 0.1) is 0 Å². The Morgan fingerprint density at radius 2 is 1.82 bits per heavy atom. The summed E-state index contributed by atoms with van der Waals surface area (Å²) in [7, 11) is 0. The molecular weight excluding hydrogens is 274 g/mol. The molecule has 0 spiro atoms. The average molecular weight is 297 g/mol. The second-order valence-corrected chi connectivity index (χ2v) is 5.42. The Balaban J connectivity index is 1.87. The fraction of sp³-hybridized carbons (Fsp3) is 0.333. The fourth-order valence-corrected chi connectivity index (χ4v) is 2.91. The smallest absolute Gasteiger partial charge is 0.0645 e. The molecule has 1 aliphatic heterocycles. The van der Waals surface area contributed by atoms with Gasteiger partial charge in [-0.05, 0) is 37.3 Å². The fourth-order valence-electron chi connectivity index (χ4n) is 2.91.